The van der Waals surface area contributed by atoms with Crippen LogP contribution < -0.4 is 11.3 Å². The van der Waals surface area contributed by atoms with Crippen molar-refractivity contribution in [1.29, 1.82) is 5.41 Å². The van der Waals surface area contributed by atoms with Gasteiger partial charge in [0.25, 0.3) is 5.56 Å². The maximum atomic E-state index is 13.4. The zero-order valence-corrected chi connectivity index (χ0v) is 18.0. The normalized spacial score (nSPS) is 14.7. The van der Waals surface area contributed by atoms with Gasteiger partial charge >= 0.3 is 0 Å². The summed E-state index contributed by atoms with van der Waals surface area (Å²) in [6, 6.07) is 15.0. The first kappa shape index (κ1) is 21.2. The van der Waals surface area contributed by atoms with Crippen molar-refractivity contribution >= 4 is 16.9 Å². The number of nitrogens with two attached hydrogens (primary N) is 1. The highest BCUT2D eigenvalue weighted by Gasteiger charge is 2.14. The fourth-order valence-corrected chi connectivity index (χ4v) is 4.40. The average molecular weight is 418 g/mol. The minimum absolute atomic E-state index is 0.0170. The molecular weight excluding hydrogens is 386 g/mol. The maximum absolute atomic E-state index is 13.4. The lowest BCUT2D eigenvalue weighted by molar-refractivity contribution is 0.224. The number of amidine groups is 1. The van der Waals surface area contributed by atoms with Crippen molar-refractivity contribution in [3.05, 3.63) is 64.4 Å². The van der Waals surface area contributed by atoms with Gasteiger partial charge in [-0.3, -0.25) is 10.2 Å². The molecule has 0 aliphatic carbocycles. The third-order valence-corrected chi connectivity index (χ3v) is 6.10. The van der Waals surface area contributed by atoms with Crippen LogP contribution in [0.15, 0.2) is 53.3 Å². The van der Waals surface area contributed by atoms with Crippen LogP contribution in [0.3, 0.4) is 0 Å². The summed E-state index contributed by atoms with van der Waals surface area (Å²) in [5.41, 5.74) is 8.93. The van der Waals surface area contributed by atoms with Gasteiger partial charge < -0.3 is 15.2 Å². The van der Waals surface area contributed by atoms with Gasteiger partial charge in [-0.1, -0.05) is 43.2 Å². The minimum atomic E-state index is -0.0876. The molecule has 0 saturated carbocycles. The molecule has 6 nitrogen and oxygen atoms in total. The van der Waals surface area contributed by atoms with Gasteiger partial charge in [0.05, 0.1) is 11.0 Å². The van der Waals surface area contributed by atoms with E-state index < -0.39 is 0 Å². The molecule has 2 heterocycles. The van der Waals surface area contributed by atoms with Gasteiger partial charge in [0, 0.05) is 17.7 Å². The molecule has 31 heavy (non-hydrogen) atoms. The number of likely N-dealkylation sites (tertiary alicyclic amines) is 1. The molecule has 1 aromatic heterocycles. The van der Waals surface area contributed by atoms with E-state index >= 15 is 0 Å². The van der Waals surface area contributed by atoms with Crippen molar-refractivity contribution in [3.63, 3.8) is 0 Å². The lowest BCUT2D eigenvalue weighted by atomic mass is 10.1. The first-order chi connectivity index (χ1) is 15.1. The summed E-state index contributed by atoms with van der Waals surface area (Å²) in [6.45, 7) is 4.31. The van der Waals surface area contributed by atoms with Crippen LogP contribution in [0, 0.1) is 5.41 Å². The number of hydrogen-bond donors (Lipinski definition) is 2. The Morgan fingerprint density at radius 3 is 2.55 bits per heavy atom. The Kier molecular flexibility index (Phi) is 6.77. The van der Waals surface area contributed by atoms with Crippen LogP contribution in [0.1, 0.15) is 44.1 Å². The molecule has 0 spiro atoms. The molecule has 162 valence electrons. The van der Waals surface area contributed by atoms with Crippen LogP contribution in [0.2, 0.25) is 0 Å². The van der Waals surface area contributed by atoms with Crippen LogP contribution in [-0.2, 0) is 6.54 Å². The van der Waals surface area contributed by atoms with Crippen molar-refractivity contribution in [3.8, 4) is 11.3 Å². The first-order valence-electron chi connectivity index (χ1n) is 11.3. The van der Waals surface area contributed by atoms with E-state index in [0.717, 1.165) is 30.4 Å². The number of nitrogens with zero attached hydrogens (tertiary/aromatic N) is 3. The Morgan fingerprint density at radius 2 is 1.74 bits per heavy atom. The number of aryl methyl sites for hydroxylation is 1. The number of para-hydroxylation sites is 2. The van der Waals surface area contributed by atoms with E-state index in [4.69, 9.17) is 11.1 Å². The second kappa shape index (κ2) is 9.88. The molecular formula is C25H31N5O. The van der Waals surface area contributed by atoms with E-state index in [1.54, 1.807) is 12.1 Å². The Hall–Kier alpha value is -2.99. The Bertz CT molecular complexity index is 1110. The van der Waals surface area contributed by atoms with Crippen LogP contribution >= 0.6 is 0 Å². The average Bonchev–Trinajstić information content (AvgIpc) is 2.80. The fraction of sp³-hybridized carbons (Fsp3) is 0.400. The lowest BCUT2D eigenvalue weighted by Gasteiger charge is -2.26. The summed E-state index contributed by atoms with van der Waals surface area (Å²) in [6.07, 6.45) is 7.26. The van der Waals surface area contributed by atoms with Crippen LogP contribution in [0.5, 0.6) is 0 Å². The third kappa shape index (κ3) is 5.02. The second-order valence-corrected chi connectivity index (χ2v) is 8.36. The highest BCUT2D eigenvalue weighted by atomic mass is 16.1. The van der Waals surface area contributed by atoms with Gasteiger partial charge in [-0.15, -0.1) is 0 Å². The highest BCUT2D eigenvalue weighted by molar-refractivity contribution is 5.96. The first-order valence-corrected chi connectivity index (χ1v) is 11.3. The van der Waals surface area contributed by atoms with E-state index in [1.165, 1.54) is 38.8 Å². The van der Waals surface area contributed by atoms with Crippen molar-refractivity contribution < 1.29 is 0 Å². The number of fused-ring (bicyclic) bond motifs is 1. The van der Waals surface area contributed by atoms with Crippen LogP contribution in [0.4, 0.5) is 0 Å². The maximum Gasteiger partial charge on any atom is 0.277 e. The van der Waals surface area contributed by atoms with Gasteiger partial charge in [0.2, 0.25) is 0 Å². The number of nitrogens with one attached hydrogen (secondary N) is 1. The van der Waals surface area contributed by atoms with E-state index in [1.807, 2.05) is 41.0 Å². The minimum Gasteiger partial charge on any atom is -0.384 e. The van der Waals surface area contributed by atoms with E-state index in [-0.39, 0.29) is 11.4 Å². The predicted molar refractivity (Wildman–Crippen MR) is 127 cm³/mol. The Balaban J connectivity index is 1.54. The molecule has 2 aromatic carbocycles. The predicted octanol–water partition coefficient (Wildman–Crippen LogP) is 4.00. The third-order valence-electron chi connectivity index (χ3n) is 6.10. The summed E-state index contributed by atoms with van der Waals surface area (Å²) in [4.78, 5) is 20.6. The Labute approximate surface area is 183 Å². The van der Waals surface area contributed by atoms with Crippen molar-refractivity contribution in [2.45, 2.75) is 45.1 Å². The summed E-state index contributed by atoms with van der Waals surface area (Å²) in [7, 11) is 0. The summed E-state index contributed by atoms with van der Waals surface area (Å²) < 4.78 is 1.86. The number of rotatable bonds is 8. The van der Waals surface area contributed by atoms with Crippen LogP contribution in [-0.4, -0.2) is 39.9 Å². The smallest absolute Gasteiger partial charge is 0.277 e. The molecule has 3 N–H and O–H groups in total. The number of benzene rings is 2. The molecule has 0 unspecified atom stereocenters. The zero-order chi connectivity index (χ0) is 21.6. The van der Waals surface area contributed by atoms with Crippen molar-refractivity contribution in [2.24, 2.45) is 5.73 Å². The molecule has 0 radical (unpaired) electrons. The second-order valence-electron chi connectivity index (χ2n) is 8.36. The van der Waals surface area contributed by atoms with Gasteiger partial charge in [-0.25, -0.2) is 4.98 Å². The molecule has 1 fully saturated rings. The standard InChI is InChI=1S/C25H31N5O/c26-24(27)20-11-9-10-19(18-20)23-25(31)30(22-13-4-3-12-21(22)28-23)17-8-2-7-16-29-14-5-1-6-15-29/h3-4,9-13,18H,1-2,5-8,14-17H2,(H3,26,27). The molecule has 0 amide bonds. The van der Waals surface area contributed by atoms with Gasteiger partial charge in [-0.05, 0) is 63.5 Å². The van der Waals surface area contributed by atoms with Gasteiger partial charge in [0.15, 0.2) is 0 Å². The van der Waals surface area contributed by atoms with Gasteiger partial charge in [0.1, 0.15) is 11.5 Å². The summed E-state index contributed by atoms with van der Waals surface area (Å²) in [5, 5.41) is 7.70. The molecule has 1 saturated heterocycles. The molecule has 3 aromatic rings. The van der Waals surface area contributed by atoms with E-state index in [9.17, 15) is 4.79 Å². The van der Waals surface area contributed by atoms with Crippen LogP contribution in [0.25, 0.3) is 22.3 Å². The molecule has 4 rings (SSSR count). The lowest BCUT2D eigenvalue weighted by Crippen LogP contribution is -2.30. The van der Waals surface area contributed by atoms with Gasteiger partial charge in [-0.2, -0.15) is 0 Å². The molecule has 1 aliphatic heterocycles. The fourth-order valence-electron chi connectivity index (χ4n) is 4.40. The van der Waals surface area contributed by atoms with E-state index in [2.05, 4.69) is 9.88 Å². The topological polar surface area (TPSA) is 88.0 Å². The Morgan fingerprint density at radius 1 is 0.968 bits per heavy atom. The molecule has 6 heteroatoms. The molecule has 0 atom stereocenters. The zero-order valence-electron chi connectivity index (χ0n) is 18.0. The van der Waals surface area contributed by atoms with Crippen molar-refractivity contribution in [1.82, 2.24) is 14.5 Å². The number of piperidine rings is 1. The van der Waals surface area contributed by atoms with E-state index in [0.29, 0.717) is 23.4 Å². The summed E-state index contributed by atoms with van der Waals surface area (Å²) >= 11 is 0. The highest BCUT2D eigenvalue weighted by Crippen LogP contribution is 2.19. The quantitative estimate of drug-likeness (QED) is 0.329. The number of hydrogen-bond acceptors (Lipinski definition) is 4. The molecule has 0 bridgehead atoms. The number of nitrogen functional groups attached to an aromatic ring is 1. The SMILES string of the molecule is N=C(N)c1cccc(-c2nc3ccccc3n(CCCCCN3CCCCC3)c2=O)c1. The number of aromatic nitrogens is 2. The van der Waals surface area contributed by atoms with Crippen molar-refractivity contribution in [2.75, 3.05) is 19.6 Å². The largest absolute Gasteiger partial charge is 0.384 e. The number of unbranched alkanes of at least 4 members (excludes halogenated alkanes) is 2. The molecule has 1 aliphatic rings. The summed E-state index contributed by atoms with van der Waals surface area (Å²) in [5.74, 6) is -0.0170. The monoisotopic (exact) mass is 417 g/mol.